The van der Waals surface area contributed by atoms with Crippen LogP contribution in [0.1, 0.15) is 219 Å². The summed E-state index contributed by atoms with van der Waals surface area (Å²) in [5.74, 6) is -0.365. The molecule has 0 unspecified atom stereocenters. The summed E-state index contributed by atoms with van der Waals surface area (Å²) in [5, 5.41) is 2.52. The van der Waals surface area contributed by atoms with Crippen molar-refractivity contribution in [3.8, 4) is 0 Å². The van der Waals surface area contributed by atoms with E-state index in [1.54, 1.807) is 0 Å². The van der Waals surface area contributed by atoms with Gasteiger partial charge in [-0.25, -0.2) is 0 Å². The fraction of sp³-hybridized carbons (Fsp3) is 0.850. The number of hydrogen-bond donors (Lipinski definition) is 1. The van der Waals surface area contributed by atoms with Crippen LogP contribution in [0, 0.1) is 0 Å². The molecule has 1 rings (SSSR count). The molecule has 0 saturated carbocycles. The largest absolute Gasteiger partial charge is 0.288 e. The summed E-state index contributed by atoms with van der Waals surface area (Å²) in [7, 11) is 0. The summed E-state index contributed by atoms with van der Waals surface area (Å²) in [6.45, 7) is 4.57. The number of imide groups is 1. The maximum Gasteiger partial charge on any atom is 0.258 e. The molecule has 1 aliphatic heterocycles. The van der Waals surface area contributed by atoms with Crippen molar-refractivity contribution in [3.63, 3.8) is 0 Å². The topological polar surface area (TPSA) is 46.2 Å². The molecule has 0 aliphatic carbocycles. The lowest BCUT2D eigenvalue weighted by Crippen LogP contribution is -2.23. The third-order valence-electron chi connectivity index (χ3n) is 9.36. The maximum absolute atomic E-state index is 12.3. The number of rotatable bonds is 33. The molecule has 0 aromatic carbocycles. The van der Waals surface area contributed by atoms with E-state index in [-0.39, 0.29) is 11.8 Å². The Balaban J connectivity index is 2.00. The van der Waals surface area contributed by atoms with E-state index in [9.17, 15) is 9.59 Å². The third-order valence-corrected chi connectivity index (χ3v) is 9.36. The summed E-state index contributed by atoms with van der Waals surface area (Å²) in [6.07, 6.45) is 46.5. The summed E-state index contributed by atoms with van der Waals surface area (Å²) in [5.41, 5.74) is 1.34. The first-order valence-corrected chi connectivity index (χ1v) is 19.5. The van der Waals surface area contributed by atoms with E-state index in [0.29, 0.717) is 11.1 Å². The van der Waals surface area contributed by atoms with Gasteiger partial charge >= 0.3 is 0 Å². The van der Waals surface area contributed by atoms with E-state index in [2.05, 4.69) is 25.2 Å². The van der Waals surface area contributed by atoms with Gasteiger partial charge in [-0.1, -0.05) is 206 Å². The molecular weight excluding hydrogens is 526 g/mol. The Morgan fingerprint density at radius 2 is 0.744 bits per heavy atom. The molecule has 0 saturated heterocycles. The highest BCUT2D eigenvalue weighted by Gasteiger charge is 2.27. The number of amides is 2. The summed E-state index contributed by atoms with van der Waals surface area (Å²) in [6, 6.07) is 0. The molecule has 1 N–H and O–H groups in total. The molecule has 0 radical (unpaired) electrons. The fourth-order valence-electron chi connectivity index (χ4n) is 6.44. The molecule has 1 heterocycles. The van der Waals surface area contributed by atoms with Gasteiger partial charge in [-0.05, 0) is 25.7 Å². The smallest absolute Gasteiger partial charge is 0.258 e. The van der Waals surface area contributed by atoms with E-state index >= 15 is 0 Å². The van der Waals surface area contributed by atoms with Crippen LogP contribution >= 0.6 is 0 Å². The first-order valence-electron chi connectivity index (χ1n) is 19.5. The highest BCUT2D eigenvalue weighted by atomic mass is 16.2. The second-order valence-corrected chi connectivity index (χ2v) is 13.5. The van der Waals surface area contributed by atoms with Gasteiger partial charge in [-0.15, -0.1) is 0 Å². The van der Waals surface area contributed by atoms with E-state index in [4.69, 9.17) is 0 Å². The van der Waals surface area contributed by atoms with Gasteiger partial charge in [0.25, 0.3) is 11.8 Å². The van der Waals surface area contributed by atoms with Crippen molar-refractivity contribution in [2.24, 2.45) is 0 Å². The van der Waals surface area contributed by atoms with Crippen LogP contribution in [0.5, 0.6) is 0 Å². The number of carbonyl (C=O) groups is 2. The monoisotopic (exact) mass is 600 g/mol. The minimum Gasteiger partial charge on any atom is -0.288 e. The average molecular weight is 600 g/mol. The molecular formula is C40H73NO2. The number of carbonyl (C=O) groups excluding carboxylic acids is 2. The van der Waals surface area contributed by atoms with Crippen LogP contribution in [0.4, 0.5) is 0 Å². The van der Waals surface area contributed by atoms with Crippen molar-refractivity contribution in [2.45, 2.75) is 219 Å². The average Bonchev–Trinajstić information content (AvgIpc) is 3.27. The van der Waals surface area contributed by atoms with Crippen LogP contribution in [0.15, 0.2) is 23.3 Å². The molecule has 0 fully saturated rings. The fourth-order valence-corrected chi connectivity index (χ4v) is 6.44. The van der Waals surface area contributed by atoms with Gasteiger partial charge in [0.15, 0.2) is 0 Å². The van der Waals surface area contributed by atoms with E-state index < -0.39 is 0 Å². The Hall–Kier alpha value is -1.38. The zero-order chi connectivity index (χ0) is 31.1. The standard InChI is InChI=1S/C40H73NO2/c1-3-5-7-9-11-13-15-17-19-21-23-25-27-29-31-33-35-37-38(40(43)41-39(37)42)36-34-32-30-28-26-24-22-20-18-16-14-12-10-8-6-4-2/h33,35H,3-32,34,36H2,1-2H3,(H,41,42,43)/b35-33+. The van der Waals surface area contributed by atoms with Crippen molar-refractivity contribution in [2.75, 3.05) is 0 Å². The molecule has 0 atom stereocenters. The Bertz CT molecular complexity index is 722. The zero-order valence-electron chi connectivity index (χ0n) is 29.1. The summed E-state index contributed by atoms with van der Waals surface area (Å²) < 4.78 is 0. The first kappa shape index (κ1) is 39.6. The van der Waals surface area contributed by atoms with Crippen molar-refractivity contribution in [1.82, 2.24) is 5.32 Å². The Kier molecular flexibility index (Phi) is 28.2. The van der Waals surface area contributed by atoms with Gasteiger partial charge in [-0.3, -0.25) is 14.9 Å². The van der Waals surface area contributed by atoms with Crippen LogP contribution in [0.25, 0.3) is 0 Å². The molecule has 3 heteroatoms. The van der Waals surface area contributed by atoms with E-state index in [1.165, 1.54) is 180 Å². The lowest BCUT2D eigenvalue weighted by Gasteiger charge is -2.04. The number of nitrogens with one attached hydrogen (secondary N) is 1. The van der Waals surface area contributed by atoms with Gasteiger partial charge in [0.05, 0.1) is 0 Å². The zero-order valence-corrected chi connectivity index (χ0v) is 29.1. The van der Waals surface area contributed by atoms with Gasteiger partial charge in [0, 0.05) is 11.1 Å². The quantitative estimate of drug-likeness (QED) is 0.0602. The van der Waals surface area contributed by atoms with E-state index in [0.717, 1.165) is 25.7 Å². The molecule has 43 heavy (non-hydrogen) atoms. The van der Waals surface area contributed by atoms with Crippen molar-refractivity contribution in [1.29, 1.82) is 0 Å². The Morgan fingerprint density at radius 3 is 1.12 bits per heavy atom. The normalized spacial score (nSPS) is 13.6. The number of hydrogen-bond acceptors (Lipinski definition) is 2. The lowest BCUT2D eigenvalue weighted by molar-refractivity contribution is -0.124. The van der Waals surface area contributed by atoms with Gasteiger partial charge in [0.1, 0.15) is 0 Å². The number of allylic oxidation sites excluding steroid dienone is 1. The summed E-state index contributed by atoms with van der Waals surface area (Å²) >= 11 is 0. The molecule has 2 amide bonds. The minimum atomic E-state index is -0.200. The third kappa shape index (κ3) is 23.6. The van der Waals surface area contributed by atoms with Crippen molar-refractivity contribution >= 4 is 11.8 Å². The van der Waals surface area contributed by atoms with Crippen LogP contribution in [0.3, 0.4) is 0 Å². The van der Waals surface area contributed by atoms with Crippen LogP contribution in [-0.4, -0.2) is 11.8 Å². The Morgan fingerprint density at radius 1 is 0.419 bits per heavy atom. The minimum absolute atomic E-state index is 0.165. The molecule has 3 nitrogen and oxygen atoms in total. The molecule has 0 bridgehead atoms. The second-order valence-electron chi connectivity index (χ2n) is 13.5. The highest BCUT2D eigenvalue weighted by Crippen LogP contribution is 2.22. The molecule has 1 aliphatic rings. The molecule has 0 aromatic rings. The molecule has 0 aromatic heterocycles. The predicted octanol–water partition coefficient (Wildman–Crippen LogP) is 13.0. The van der Waals surface area contributed by atoms with Gasteiger partial charge < -0.3 is 0 Å². The van der Waals surface area contributed by atoms with Crippen LogP contribution in [0.2, 0.25) is 0 Å². The first-order chi connectivity index (χ1) is 21.2. The van der Waals surface area contributed by atoms with Crippen molar-refractivity contribution in [3.05, 3.63) is 23.3 Å². The van der Waals surface area contributed by atoms with Crippen LogP contribution < -0.4 is 5.32 Å². The summed E-state index contributed by atoms with van der Waals surface area (Å²) in [4.78, 5) is 24.7. The van der Waals surface area contributed by atoms with Gasteiger partial charge in [0.2, 0.25) is 0 Å². The molecule has 250 valence electrons. The Labute approximate surface area is 268 Å². The van der Waals surface area contributed by atoms with Crippen molar-refractivity contribution < 1.29 is 9.59 Å². The highest BCUT2D eigenvalue weighted by molar-refractivity contribution is 6.20. The molecule has 0 spiro atoms. The second kappa shape index (κ2) is 30.6. The van der Waals surface area contributed by atoms with Gasteiger partial charge in [-0.2, -0.15) is 0 Å². The predicted molar refractivity (Wildman–Crippen MR) is 188 cm³/mol. The SMILES string of the molecule is CCCCCCCCCCCCCCCC/C=C/C1=C(CCCCCCCCCCCCCCCCCC)C(=O)NC1=O. The maximum atomic E-state index is 12.3. The van der Waals surface area contributed by atoms with E-state index in [1.807, 2.05) is 6.08 Å². The number of unbranched alkanes of at least 4 members (excludes halogenated alkanes) is 29. The van der Waals surface area contributed by atoms with Crippen LogP contribution in [-0.2, 0) is 9.59 Å². The lowest BCUT2D eigenvalue weighted by atomic mass is 10.0.